The van der Waals surface area contributed by atoms with Crippen LogP contribution in [0.25, 0.3) is 11.6 Å². The molecule has 28 heavy (non-hydrogen) atoms. The van der Waals surface area contributed by atoms with E-state index in [1.807, 2.05) is 36.3 Å². The van der Waals surface area contributed by atoms with Gasteiger partial charge in [-0.1, -0.05) is 30.3 Å². The molecule has 0 saturated carbocycles. The predicted octanol–water partition coefficient (Wildman–Crippen LogP) is 4.79. The van der Waals surface area contributed by atoms with Crippen LogP contribution < -0.4 is 0 Å². The van der Waals surface area contributed by atoms with Gasteiger partial charge in [0.1, 0.15) is 5.03 Å². The van der Waals surface area contributed by atoms with E-state index in [9.17, 15) is 4.79 Å². The molecule has 0 spiro atoms. The van der Waals surface area contributed by atoms with E-state index in [0.717, 1.165) is 25.9 Å². The third kappa shape index (κ3) is 3.69. The van der Waals surface area contributed by atoms with E-state index in [0.29, 0.717) is 33.8 Å². The number of thioether (sulfide) groups is 1. The van der Waals surface area contributed by atoms with Crippen LogP contribution in [0.5, 0.6) is 0 Å². The van der Waals surface area contributed by atoms with Gasteiger partial charge in [-0.2, -0.15) is 0 Å². The molecule has 1 saturated heterocycles. The fraction of sp³-hybridized carbons (Fsp3) is 0.318. The molecule has 1 aromatic carbocycles. The van der Waals surface area contributed by atoms with Gasteiger partial charge in [-0.3, -0.25) is 4.79 Å². The first-order chi connectivity index (χ1) is 13.7. The van der Waals surface area contributed by atoms with E-state index in [-0.39, 0.29) is 5.91 Å². The lowest BCUT2D eigenvalue weighted by atomic mass is 9.89. The smallest absolute Gasteiger partial charge is 0.258 e. The number of benzene rings is 1. The van der Waals surface area contributed by atoms with Gasteiger partial charge in [-0.05, 0) is 49.6 Å². The first kappa shape index (κ1) is 18.7. The monoisotopic (exact) mass is 393 g/mol. The highest BCUT2D eigenvalue weighted by atomic mass is 32.2. The maximum atomic E-state index is 13.3. The van der Waals surface area contributed by atoms with Crippen LogP contribution in [0.1, 0.15) is 40.4 Å². The summed E-state index contributed by atoms with van der Waals surface area (Å²) < 4.78 is 5.41. The fourth-order valence-corrected chi connectivity index (χ4v) is 4.37. The van der Waals surface area contributed by atoms with Crippen molar-refractivity contribution in [2.75, 3.05) is 19.3 Å². The predicted molar refractivity (Wildman–Crippen MR) is 111 cm³/mol. The molecule has 3 heterocycles. The summed E-state index contributed by atoms with van der Waals surface area (Å²) in [7, 11) is 0. The summed E-state index contributed by atoms with van der Waals surface area (Å²) in [5.74, 6) is 1.68. The number of aromatic nitrogens is 2. The molecule has 1 fully saturated rings. The van der Waals surface area contributed by atoms with E-state index in [2.05, 4.69) is 34.2 Å². The van der Waals surface area contributed by atoms with Crippen LogP contribution in [0.2, 0.25) is 0 Å². The quantitative estimate of drug-likeness (QED) is 0.471. The number of likely N-dealkylation sites (tertiary alicyclic amines) is 1. The number of rotatable bonds is 4. The van der Waals surface area contributed by atoms with Crippen LogP contribution in [0.3, 0.4) is 0 Å². The summed E-state index contributed by atoms with van der Waals surface area (Å²) in [5, 5.41) is 0.703. The van der Waals surface area contributed by atoms with Crippen molar-refractivity contribution in [1.82, 2.24) is 14.9 Å². The Hall–Kier alpha value is -2.60. The highest BCUT2D eigenvalue weighted by Gasteiger charge is 2.28. The average molecular weight is 394 g/mol. The van der Waals surface area contributed by atoms with Crippen LogP contribution in [0.4, 0.5) is 0 Å². The zero-order valence-electron chi connectivity index (χ0n) is 16.1. The van der Waals surface area contributed by atoms with Crippen molar-refractivity contribution in [2.45, 2.75) is 30.7 Å². The molecule has 4 rings (SSSR count). The number of amides is 1. The summed E-state index contributed by atoms with van der Waals surface area (Å²) in [4.78, 5) is 24.3. The minimum absolute atomic E-state index is 0.0272. The molecular formula is C22H23N3O2S. The Kier molecular flexibility index (Phi) is 5.48. The van der Waals surface area contributed by atoms with Gasteiger partial charge in [0, 0.05) is 13.1 Å². The summed E-state index contributed by atoms with van der Waals surface area (Å²) in [5.41, 5.74) is 2.67. The summed E-state index contributed by atoms with van der Waals surface area (Å²) >= 11 is 1.47. The van der Waals surface area contributed by atoms with Crippen LogP contribution in [-0.2, 0) is 0 Å². The lowest BCUT2D eigenvalue weighted by Crippen LogP contribution is -2.38. The largest absolute Gasteiger partial charge is 0.461 e. The van der Waals surface area contributed by atoms with Crippen LogP contribution in [-0.4, -0.2) is 40.1 Å². The fourth-order valence-electron chi connectivity index (χ4n) is 3.76. The lowest BCUT2D eigenvalue weighted by Gasteiger charge is -2.32. The van der Waals surface area contributed by atoms with E-state index >= 15 is 0 Å². The second-order valence-corrected chi connectivity index (χ2v) is 7.77. The minimum atomic E-state index is 0.0272. The van der Waals surface area contributed by atoms with Crippen molar-refractivity contribution < 1.29 is 9.21 Å². The van der Waals surface area contributed by atoms with Gasteiger partial charge in [0.05, 0.1) is 17.5 Å². The Bertz CT molecular complexity index is 949. The Balaban J connectivity index is 1.54. The van der Waals surface area contributed by atoms with E-state index in [1.54, 1.807) is 6.26 Å². The van der Waals surface area contributed by atoms with Gasteiger partial charge in [0.25, 0.3) is 5.91 Å². The van der Waals surface area contributed by atoms with Crippen molar-refractivity contribution >= 4 is 17.7 Å². The highest BCUT2D eigenvalue weighted by molar-refractivity contribution is 7.98. The molecule has 0 atom stereocenters. The maximum Gasteiger partial charge on any atom is 0.258 e. The zero-order chi connectivity index (χ0) is 19.5. The lowest BCUT2D eigenvalue weighted by molar-refractivity contribution is 0.0707. The molecule has 0 unspecified atom stereocenters. The summed E-state index contributed by atoms with van der Waals surface area (Å²) in [6, 6.07) is 14.2. The number of furan rings is 1. The molecule has 6 heteroatoms. The number of piperidine rings is 1. The van der Waals surface area contributed by atoms with Gasteiger partial charge < -0.3 is 9.32 Å². The number of hydrogen-bond acceptors (Lipinski definition) is 5. The van der Waals surface area contributed by atoms with Gasteiger partial charge in [0.15, 0.2) is 11.6 Å². The van der Waals surface area contributed by atoms with Crippen molar-refractivity contribution in [3.05, 3.63) is 65.5 Å². The topological polar surface area (TPSA) is 59.2 Å². The third-order valence-corrected chi connectivity index (χ3v) is 5.94. The van der Waals surface area contributed by atoms with Crippen molar-refractivity contribution in [3.8, 4) is 11.6 Å². The molecule has 3 aromatic rings. The first-order valence-electron chi connectivity index (χ1n) is 9.48. The van der Waals surface area contributed by atoms with Crippen molar-refractivity contribution in [1.29, 1.82) is 0 Å². The molecule has 2 aromatic heterocycles. The molecule has 0 N–H and O–H groups in total. The Morgan fingerprint density at radius 1 is 1.11 bits per heavy atom. The van der Waals surface area contributed by atoms with Crippen molar-refractivity contribution in [3.63, 3.8) is 0 Å². The average Bonchev–Trinajstić information content (AvgIpc) is 3.28. The Morgan fingerprint density at radius 3 is 2.50 bits per heavy atom. The van der Waals surface area contributed by atoms with Crippen molar-refractivity contribution in [2.24, 2.45) is 0 Å². The molecular weight excluding hydrogens is 370 g/mol. The Labute approximate surface area is 169 Å². The van der Waals surface area contributed by atoms with Gasteiger partial charge >= 0.3 is 0 Å². The number of hydrogen-bond donors (Lipinski definition) is 0. The van der Waals surface area contributed by atoms with Gasteiger partial charge in [-0.15, -0.1) is 11.8 Å². The molecule has 1 aliphatic rings. The minimum Gasteiger partial charge on any atom is -0.461 e. The molecule has 0 aliphatic carbocycles. The van der Waals surface area contributed by atoms with E-state index < -0.39 is 0 Å². The SMILES string of the molecule is CSc1nc(-c2ccco2)nc(C)c1C(=O)N1CCC(c2ccccc2)CC1. The molecule has 0 bridgehead atoms. The van der Waals surface area contributed by atoms with Gasteiger partial charge in [-0.25, -0.2) is 9.97 Å². The second kappa shape index (κ2) is 8.19. The van der Waals surface area contributed by atoms with E-state index in [4.69, 9.17) is 4.42 Å². The second-order valence-electron chi connectivity index (χ2n) is 6.97. The highest BCUT2D eigenvalue weighted by Crippen LogP contribution is 2.31. The zero-order valence-corrected chi connectivity index (χ0v) is 16.9. The van der Waals surface area contributed by atoms with Crippen LogP contribution in [0.15, 0.2) is 58.2 Å². The number of nitrogens with zero attached hydrogens (tertiary/aromatic N) is 3. The molecule has 5 nitrogen and oxygen atoms in total. The maximum absolute atomic E-state index is 13.3. The molecule has 1 amide bonds. The normalized spacial score (nSPS) is 15.0. The van der Waals surface area contributed by atoms with Crippen LogP contribution >= 0.6 is 11.8 Å². The number of carbonyl (C=O) groups is 1. The number of carbonyl (C=O) groups excluding carboxylic acids is 1. The van der Waals surface area contributed by atoms with Crippen LogP contribution in [0, 0.1) is 6.92 Å². The third-order valence-electron chi connectivity index (χ3n) is 5.26. The summed E-state index contributed by atoms with van der Waals surface area (Å²) in [6.45, 7) is 3.38. The number of aryl methyl sites for hydroxylation is 1. The molecule has 0 radical (unpaired) electrons. The molecule has 1 aliphatic heterocycles. The standard InChI is InChI=1S/C22H23N3O2S/c1-15-19(21(28-2)24-20(23-15)18-9-6-14-27-18)22(26)25-12-10-17(11-13-25)16-7-4-3-5-8-16/h3-9,14,17H,10-13H2,1-2H3. The van der Waals surface area contributed by atoms with Gasteiger partial charge in [0.2, 0.25) is 0 Å². The van der Waals surface area contributed by atoms with E-state index in [1.165, 1.54) is 17.3 Å². The Morgan fingerprint density at radius 2 is 1.86 bits per heavy atom. The summed E-state index contributed by atoms with van der Waals surface area (Å²) in [6.07, 6.45) is 5.50. The molecule has 144 valence electrons. The first-order valence-corrected chi connectivity index (χ1v) is 10.7.